The lowest BCUT2D eigenvalue weighted by atomic mass is 10.2. The standard InChI is InChI=1S/C20H29N5O5/c1-4-6-10-24(15(26)13-23(3)19(28)14-9-8-12-30-14)16-17(21)25(11-7-5-2)20(29)22-18(16)27/h8-9,12H,4-7,10-11,13,21H2,1-3H3,(H,22,27,29). The molecule has 2 heterocycles. The molecule has 164 valence electrons. The van der Waals surface area contributed by atoms with Crippen LogP contribution < -0.4 is 21.9 Å². The van der Waals surface area contributed by atoms with Crippen molar-refractivity contribution in [3.8, 4) is 0 Å². The van der Waals surface area contributed by atoms with Crippen LogP contribution in [0.1, 0.15) is 50.1 Å². The van der Waals surface area contributed by atoms with Gasteiger partial charge in [-0.1, -0.05) is 26.7 Å². The highest BCUT2D eigenvalue weighted by atomic mass is 16.3. The quantitative estimate of drug-likeness (QED) is 0.598. The highest BCUT2D eigenvalue weighted by Gasteiger charge is 2.26. The molecule has 2 aromatic rings. The fourth-order valence-electron chi connectivity index (χ4n) is 3.00. The van der Waals surface area contributed by atoms with Gasteiger partial charge < -0.3 is 20.0 Å². The first-order valence-corrected chi connectivity index (χ1v) is 10.0. The Morgan fingerprint density at radius 3 is 2.50 bits per heavy atom. The number of furan rings is 1. The Morgan fingerprint density at radius 2 is 1.90 bits per heavy atom. The molecule has 0 saturated carbocycles. The third kappa shape index (κ3) is 5.19. The number of amides is 2. The van der Waals surface area contributed by atoms with Crippen LogP contribution in [-0.2, 0) is 11.3 Å². The summed E-state index contributed by atoms with van der Waals surface area (Å²) in [4.78, 5) is 54.9. The molecule has 10 nitrogen and oxygen atoms in total. The fourth-order valence-corrected chi connectivity index (χ4v) is 3.00. The molecule has 3 N–H and O–H groups in total. The van der Waals surface area contributed by atoms with Crippen LogP contribution in [0.25, 0.3) is 0 Å². The summed E-state index contributed by atoms with van der Waals surface area (Å²) in [7, 11) is 1.47. The number of hydrogen-bond acceptors (Lipinski definition) is 6. The monoisotopic (exact) mass is 419 g/mol. The van der Waals surface area contributed by atoms with E-state index in [1.807, 2.05) is 13.8 Å². The van der Waals surface area contributed by atoms with Crippen LogP contribution in [0.4, 0.5) is 11.5 Å². The molecule has 2 amide bonds. The maximum absolute atomic E-state index is 13.1. The van der Waals surface area contributed by atoms with Crippen LogP contribution >= 0.6 is 0 Å². The molecule has 2 rings (SSSR count). The first kappa shape index (κ1) is 23.0. The van der Waals surface area contributed by atoms with Crippen molar-refractivity contribution in [2.45, 2.75) is 46.1 Å². The molecule has 0 aromatic carbocycles. The van der Waals surface area contributed by atoms with E-state index in [9.17, 15) is 19.2 Å². The van der Waals surface area contributed by atoms with Gasteiger partial charge in [0.25, 0.3) is 11.5 Å². The number of nitrogen functional groups attached to an aromatic ring is 1. The number of aromatic amines is 1. The zero-order valence-electron chi connectivity index (χ0n) is 17.6. The highest BCUT2D eigenvalue weighted by molar-refractivity contribution is 6.00. The molecule has 0 saturated heterocycles. The maximum atomic E-state index is 13.1. The first-order chi connectivity index (χ1) is 14.3. The molecule has 0 fully saturated rings. The molecule has 0 bridgehead atoms. The molecule has 0 spiro atoms. The summed E-state index contributed by atoms with van der Waals surface area (Å²) in [5, 5.41) is 0. The zero-order valence-corrected chi connectivity index (χ0v) is 17.6. The van der Waals surface area contributed by atoms with Gasteiger partial charge in [-0.15, -0.1) is 0 Å². The lowest BCUT2D eigenvalue weighted by Gasteiger charge is -2.26. The van der Waals surface area contributed by atoms with Gasteiger partial charge >= 0.3 is 5.69 Å². The van der Waals surface area contributed by atoms with Crippen molar-refractivity contribution in [1.29, 1.82) is 0 Å². The number of H-pyrrole nitrogens is 1. The summed E-state index contributed by atoms with van der Waals surface area (Å²) >= 11 is 0. The van der Waals surface area contributed by atoms with E-state index < -0.39 is 23.1 Å². The largest absolute Gasteiger partial charge is 0.459 e. The van der Waals surface area contributed by atoms with Crippen molar-refractivity contribution in [3.05, 3.63) is 45.0 Å². The number of anilines is 2. The minimum absolute atomic E-state index is 0.0540. The Kier molecular flexibility index (Phi) is 8.02. The average Bonchev–Trinajstić information content (AvgIpc) is 3.24. The lowest BCUT2D eigenvalue weighted by molar-refractivity contribution is -0.119. The van der Waals surface area contributed by atoms with Gasteiger partial charge in [-0.25, -0.2) is 4.79 Å². The lowest BCUT2D eigenvalue weighted by Crippen LogP contribution is -2.46. The van der Waals surface area contributed by atoms with E-state index >= 15 is 0 Å². The van der Waals surface area contributed by atoms with Crippen LogP contribution in [0.5, 0.6) is 0 Å². The number of nitrogens with two attached hydrogens (primary N) is 1. The third-order valence-corrected chi connectivity index (χ3v) is 4.71. The van der Waals surface area contributed by atoms with Crippen molar-refractivity contribution < 1.29 is 14.0 Å². The van der Waals surface area contributed by atoms with Gasteiger partial charge in [0.05, 0.1) is 6.26 Å². The molecule has 0 aliphatic carbocycles. The summed E-state index contributed by atoms with van der Waals surface area (Å²) in [5.41, 5.74) is 4.76. The average molecular weight is 419 g/mol. The summed E-state index contributed by atoms with van der Waals surface area (Å²) in [6.45, 7) is 4.20. The molecular formula is C20H29N5O5. The van der Waals surface area contributed by atoms with Gasteiger partial charge in [0, 0.05) is 20.1 Å². The molecule has 0 aliphatic rings. The van der Waals surface area contributed by atoms with Gasteiger partial charge in [0.1, 0.15) is 12.4 Å². The molecule has 2 aromatic heterocycles. The van der Waals surface area contributed by atoms with Crippen LogP contribution in [-0.4, -0.2) is 46.4 Å². The SMILES string of the molecule is CCCCN(C(=O)CN(C)C(=O)c1ccco1)c1c(N)n(CCCC)c(=O)[nH]c1=O. The van der Waals surface area contributed by atoms with E-state index in [4.69, 9.17) is 10.2 Å². The van der Waals surface area contributed by atoms with Gasteiger partial charge in [-0.05, 0) is 25.0 Å². The van der Waals surface area contributed by atoms with Crippen LogP contribution in [0.2, 0.25) is 0 Å². The second-order valence-corrected chi connectivity index (χ2v) is 7.04. The number of carbonyl (C=O) groups is 2. The van der Waals surface area contributed by atoms with Crippen LogP contribution in [0.15, 0.2) is 32.4 Å². The summed E-state index contributed by atoms with van der Waals surface area (Å²) < 4.78 is 6.35. The van der Waals surface area contributed by atoms with Crippen molar-refractivity contribution in [2.75, 3.05) is 30.8 Å². The van der Waals surface area contributed by atoms with Crippen molar-refractivity contribution in [3.63, 3.8) is 0 Å². The highest BCUT2D eigenvalue weighted by Crippen LogP contribution is 2.18. The molecule has 0 radical (unpaired) electrons. The molecular weight excluding hydrogens is 390 g/mol. The number of rotatable bonds is 10. The minimum atomic E-state index is -0.727. The summed E-state index contributed by atoms with van der Waals surface area (Å²) in [5.74, 6) is -0.889. The first-order valence-electron chi connectivity index (χ1n) is 10.0. The predicted octanol–water partition coefficient (Wildman–Crippen LogP) is 1.42. The van der Waals surface area contributed by atoms with Crippen LogP contribution in [0.3, 0.4) is 0 Å². The minimum Gasteiger partial charge on any atom is -0.459 e. The van der Waals surface area contributed by atoms with E-state index in [0.717, 1.165) is 12.8 Å². The van der Waals surface area contributed by atoms with E-state index in [0.29, 0.717) is 19.4 Å². The Morgan fingerprint density at radius 1 is 1.20 bits per heavy atom. The van der Waals surface area contributed by atoms with E-state index in [1.54, 1.807) is 6.07 Å². The van der Waals surface area contributed by atoms with Gasteiger partial charge in [-0.3, -0.25) is 23.9 Å². The number of unbranched alkanes of at least 4 members (excludes halogenated alkanes) is 2. The Balaban J connectivity index is 2.37. The summed E-state index contributed by atoms with van der Waals surface area (Å²) in [6, 6.07) is 3.08. The van der Waals surface area contributed by atoms with Crippen molar-refractivity contribution >= 4 is 23.3 Å². The van der Waals surface area contributed by atoms with Crippen LogP contribution in [0, 0.1) is 0 Å². The Hall–Kier alpha value is -3.30. The molecule has 0 aliphatic heterocycles. The molecule has 0 atom stereocenters. The second-order valence-electron chi connectivity index (χ2n) is 7.04. The Bertz CT molecular complexity index is 976. The summed E-state index contributed by atoms with van der Waals surface area (Å²) in [6.07, 6.45) is 4.29. The number of aromatic nitrogens is 2. The topological polar surface area (TPSA) is 135 Å². The molecule has 30 heavy (non-hydrogen) atoms. The predicted molar refractivity (Wildman–Crippen MR) is 114 cm³/mol. The van der Waals surface area contributed by atoms with Crippen molar-refractivity contribution in [1.82, 2.24) is 14.5 Å². The number of likely N-dealkylation sites (N-methyl/N-ethyl adjacent to an activating group) is 1. The molecule has 10 heteroatoms. The fraction of sp³-hybridized carbons (Fsp3) is 0.500. The number of nitrogens with one attached hydrogen (secondary N) is 1. The Labute approximate surface area is 174 Å². The third-order valence-electron chi connectivity index (χ3n) is 4.71. The van der Waals surface area contributed by atoms with Gasteiger partial charge in [0.15, 0.2) is 11.4 Å². The number of nitrogens with zero attached hydrogens (tertiary/aromatic N) is 3. The molecule has 0 unspecified atom stereocenters. The maximum Gasteiger partial charge on any atom is 0.330 e. The van der Waals surface area contributed by atoms with Crippen molar-refractivity contribution in [2.24, 2.45) is 0 Å². The normalized spacial score (nSPS) is 10.8. The number of carbonyl (C=O) groups excluding carboxylic acids is 2. The van der Waals surface area contributed by atoms with Gasteiger partial charge in [-0.2, -0.15) is 0 Å². The van der Waals surface area contributed by atoms with E-state index in [1.165, 1.54) is 33.7 Å². The smallest absolute Gasteiger partial charge is 0.330 e. The zero-order chi connectivity index (χ0) is 22.3. The van der Waals surface area contributed by atoms with Gasteiger partial charge in [0.2, 0.25) is 5.91 Å². The second kappa shape index (κ2) is 10.5. The van der Waals surface area contributed by atoms with E-state index in [2.05, 4.69) is 4.98 Å². The number of hydrogen-bond donors (Lipinski definition) is 2. The van der Waals surface area contributed by atoms with E-state index in [-0.39, 0.29) is 30.4 Å².